The zero-order chi connectivity index (χ0) is 18.5. The van der Waals surface area contributed by atoms with Gasteiger partial charge in [0.15, 0.2) is 0 Å². The molecule has 0 fully saturated rings. The van der Waals surface area contributed by atoms with Gasteiger partial charge in [0.2, 0.25) is 5.91 Å². The molecule has 0 saturated carbocycles. The smallest absolute Gasteiger partial charge is 0.264 e. The van der Waals surface area contributed by atoms with Gasteiger partial charge >= 0.3 is 0 Å². The molecule has 1 unspecified atom stereocenters. The number of carbonyl (C=O) groups is 1. The predicted octanol–water partition coefficient (Wildman–Crippen LogP) is 2.47. The van der Waals surface area contributed by atoms with Crippen molar-refractivity contribution in [3.63, 3.8) is 0 Å². The maximum absolute atomic E-state index is 11.3. The number of hydrogen-bond donors (Lipinski definition) is 2. The van der Waals surface area contributed by atoms with Gasteiger partial charge in [-0.1, -0.05) is 33.8 Å². The summed E-state index contributed by atoms with van der Waals surface area (Å²) in [5, 5.41) is 2.92. The number of unbranched alkanes of at least 4 members (excludes halogenated alkanes) is 1. The number of nitrogens with zero attached hydrogens (tertiary/aromatic N) is 1. The minimum Gasteiger partial charge on any atom is -0.350 e. The Morgan fingerprint density at radius 2 is 1.78 bits per heavy atom. The van der Waals surface area contributed by atoms with Gasteiger partial charge in [-0.25, -0.2) is 0 Å². The molecule has 0 bridgehead atoms. The van der Waals surface area contributed by atoms with E-state index in [0.717, 1.165) is 32.5 Å². The van der Waals surface area contributed by atoms with E-state index in [0.29, 0.717) is 12.0 Å². The van der Waals surface area contributed by atoms with E-state index in [9.17, 15) is 13.2 Å². The molecule has 0 saturated heterocycles. The number of nitrogens with one attached hydrogen (secondary N) is 1. The van der Waals surface area contributed by atoms with Crippen LogP contribution in [0.15, 0.2) is 12.2 Å². The van der Waals surface area contributed by atoms with E-state index in [4.69, 9.17) is 4.55 Å². The van der Waals surface area contributed by atoms with Gasteiger partial charge in [-0.15, -0.1) is 0 Å². The van der Waals surface area contributed by atoms with Crippen LogP contribution in [0.2, 0.25) is 0 Å². The maximum atomic E-state index is 11.3. The predicted molar refractivity (Wildman–Crippen MR) is 96.1 cm³/mol. The average Bonchev–Trinajstić information content (AvgIpc) is 2.45. The van der Waals surface area contributed by atoms with Crippen LogP contribution in [0.3, 0.4) is 0 Å². The first-order valence-electron chi connectivity index (χ1n) is 8.21. The van der Waals surface area contributed by atoms with Gasteiger partial charge in [0.1, 0.15) is 0 Å². The summed E-state index contributed by atoms with van der Waals surface area (Å²) in [7, 11) is -3.69. The van der Waals surface area contributed by atoms with Crippen LogP contribution in [-0.2, 0) is 14.9 Å². The Morgan fingerprint density at radius 1 is 1.26 bits per heavy atom. The summed E-state index contributed by atoms with van der Waals surface area (Å²) in [6.07, 6.45) is 2.32. The molecule has 0 radical (unpaired) electrons. The Hall–Kier alpha value is -0.920. The van der Waals surface area contributed by atoms with Crippen molar-refractivity contribution in [2.45, 2.75) is 59.9 Å². The lowest BCUT2D eigenvalue weighted by Crippen LogP contribution is -2.36. The van der Waals surface area contributed by atoms with Crippen molar-refractivity contribution < 1.29 is 17.8 Å². The first-order chi connectivity index (χ1) is 10.6. The molecule has 0 aliphatic heterocycles. The third kappa shape index (κ3) is 17.3. The molecule has 1 atom stereocenters. The first-order valence-corrected chi connectivity index (χ1v) is 9.82. The Labute approximate surface area is 142 Å². The molecule has 2 N–H and O–H groups in total. The van der Waals surface area contributed by atoms with Crippen molar-refractivity contribution >= 4 is 16.0 Å². The second kappa shape index (κ2) is 13.5. The minimum atomic E-state index is -3.69. The lowest BCUT2D eigenvalue weighted by Gasteiger charge is -2.21. The first kappa shape index (κ1) is 24.3. The number of carbonyl (C=O) groups excluding carboxylic acids is 1. The monoisotopic (exact) mass is 350 g/mol. The fourth-order valence-corrected chi connectivity index (χ4v) is 2.32. The van der Waals surface area contributed by atoms with E-state index >= 15 is 0 Å². The fraction of sp³-hybridized carbons (Fsp3) is 0.812. The Balaban J connectivity index is 0. The molecule has 0 aromatic carbocycles. The van der Waals surface area contributed by atoms with Crippen LogP contribution in [0.1, 0.15) is 53.9 Å². The fourth-order valence-electron chi connectivity index (χ4n) is 1.66. The molecule has 0 aromatic rings. The molecule has 0 rings (SSSR count). The highest BCUT2D eigenvalue weighted by molar-refractivity contribution is 7.85. The van der Waals surface area contributed by atoms with Gasteiger partial charge < -0.3 is 10.2 Å². The van der Waals surface area contributed by atoms with E-state index in [-0.39, 0.29) is 17.7 Å². The van der Waals surface area contributed by atoms with Crippen molar-refractivity contribution in [3.05, 3.63) is 12.2 Å². The van der Waals surface area contributed by atoms with E-state index in [1.165, 1.54) is 0 Å². The summed E-state index contributed by atoms with van der Waals surface area (Å²) in [6.45, 7) is 16.7. The Morgan fingerprint density at radius 3 is 2.09 bits per heavy atom. The lowest BCUT2D eigenvalue weighted by atomic mass is 10.2. The topological polar surface area (TPSA) is 86.7 Å². The maximum Gasteiger partial charge on any atom is 0.264 e. The number of amides is 1. The van der Waals surface area contributed by atoms with E-state index in [1.54, 1.807) is 6.92 Å². The molecule has 0 heterocycles. The minimum absolute atomic E-state index is 0.0398. The van der Waals surface area contributed by atoms with Gasteiger partial charge in [-0.3, -0.25) is 9.35 Å². The quantitative estimate of drug-likeness (QED) is 0.467. The number of hydrogen-bond acceptors (Lipinski definition) is 4. The normalized spacial score (nSPS) is 12.3. The van der Waals surface area contributed by atoms with Crippen molar-refractivity contribution in [2.75, 3.05) is 25.4 Å². The van der Waals surface area contributed by atoms with Crippen LogP contribution in [0.4, 0.5) is 0 Å². The van der Waals surface area contributed by atoms with Gasteiger partial charge in [0.25, 0.3) is 10.1 Å². The lowest BCUT2D eigenvalue weighted by molar-refractivity contribution is -0.118. The van der Waals surface area contributed by atoms with Crippen LogP contribution in [0.25, 0.3) is 0 Å². The summed E-state index contributed by atoms with van der Waals surface area (Å²) in [6, 6.07) is 0.217. The zero-order valence-electron chi connectivity index (χ0n) is 15.3. The molecule has 0 aliphatic rings. The van der Waals surface area contributed by atoms with Crippen LogP contribution in [0, 0.1) is 0 Å². The standard InChI is InChI=1S/C12H24N2O.C4H10O3S/c1-6-14(7-2)9-8-11(5)13-12(15)10(3)4;1-2-3-4-8(5,6)7/h11H,3,6-9H2,1-2,4-5H3,(H,13,15);2-4H2,1H3,(H,5,6,7). The summed E-state index contributed by atoms with van der Waals surface area (Å²) >= 11 is 0. The largest absolute Gasteiger partial charge is 0.350 e. The molecule has 0 aromatic heterocycles. The molecular weight excluding hydrogens is 316 g/mol. The molecule has 0 spiro atoms. The summed E-state index contributed by atoms with van der Waals surface area (Å²) in [4.78, 5) is 13.7. The van der Waals surface area contributed by atoms with Crippen LogP contribution in [-0.4, -0.2) is 55.2 Å². The highest BCUT2D eigenvalue weighted by Gasteiger charge is 2.08. The molecular formula is C16H34N2O4S. The van der Waals surface area contributed by atoms with Crippen LogP contribution in [0.5, 0.6) is 0 Å². The third-order valence-electron chi connectivity index (χ3n) is 3.29. The van der Waals surface area contributed by atoms with Crippen molar-refractivity contribution in [2.24, 2.45) is 0 Å². The van der Waals surface area contributed by atoms with E-state index < -0.39 is 10.1 Å². The molecule has 0 aliphatic carbocycles. The van der Waals surface area contributed by atoms with Gasteiger partial charge in [-0.2, -0.15) is 8.42 Å². The van der Waals surface area contributed by atoms with E-state index in [1.807, 2.05) is 13.8 Å². The SMILES string of the molecule is C=C(C)C(=O)NC(C)CCN(CC)CC.CCCCS(=O)(=O)O. The Bertz CT molecular complexity index is 431. The third-order valence-corrected chi connectivity index (χ3v) is 4.10. The molecule has 138 valence electrons. The average molecular weight is 351 g/mol. The van der Waals surface area contributed by atoms with Gasteiger partial charge in [-0.05, 0) is 39.8 Å². The van der Waals surface area contributed by atoms with Crippen molar-refractivity contribution in [1.82, 2.24) is 10.2 Å². The number of rotatable bonds is 10. The van der Waals surface area contributed by atoms with Crippen molar-refractivity contribution in [1.29, 1.82) is 0 Å². The summed E-state index contributed by atoms with van der Waals surface area (Å²) in [5.41, 5.74) is 0.574. The molecule has 1 amide bonds. The van der Waals surface area contributed by atoms with Crippen molar-refractivity contribution in [3.8, 4) is 0 Å². The van der Waals surface area contributed by atoms with Crippen LogP contribution >= 0.6 is 0 Å². The molecule has 23 heavy (non-hydrogen) atoms. The highest BCUT2D eigenvalue weighted by Crippen LogP contribution is 1.97. The van der Waals surface area contributed by atoms with Gasteiger partial charge in [0, 0.05) is 18.2 Å². The summed E-state index contributed by atoms with van der Waals surface area (Å²) in [5.74, 6) is -0.147. The van der Waals surface area contributed by atoms with Gasteiger partial charge in [0.05, 0.1) is 5.75 Å². The summed E-state index contributed by atoms with van der Waals surface area (Å²) < 4.78 is 28.0. The van der Waals surface area contributed by atoms with E-state index in [2.05, 4.69) is 30.6 Å². The highest BCUT2D eigenvalue weighted by atomic mass is 32.2. The second-order valence-electron chi connectivity index (χ2n) is 5.61. The van der Waals surface area contributed by atoms with Crippen LogP contribution < -0.4 is 5.32 Å². The molecule has 7 heteroatoms. The second-order valence-corrected chi connectivity index (χ2v) is 7.18. The zero-order valence-corrected chi connectivity index (χ0v) is 16.1. The Kier molecular flexibility index (Phi) is 14.3. The molecule has 6 nitrogen and oxygen atoms in total.